The summed E-state index contributed by atoms with van der Waals surface area (Å²) in [6.45, 7) is 0. The third-order valence-corrected chi connectivity index (χ3v) is 3.58. The molecule has 1 fully saturated rings. The van der Waals surface area contributed by atoms with Crippen LogP contribution < -0.4 is 0 Å². The standard InChI is InChI=1S/C12H12ClFN2/c13-12-15-11-9(14)6-3-7-10(11)16(12)8-4-1-2-5-8/h3,6-8H,1-2,4-5H2. The van der Waals surface area contributed by atoms with Gasteiger partial charge in [-0.2, -0.15) is 0 Å². The first-order valence-corrected chi connectivity index (χ1v) is 5.97. The Morgan fingerprint density at radius 3 is 2.81 bits per heavy atom. The Hall–Kier alpha value is -1.09. The molecule has 1 heterocycles. The van der Waals surface area contributed by atoms with Crippen molar-refractivity contribution in [3.05, 3.63) is 29.3 Å². The van der Waals surface area contributed by atoms with E-state index >= 15 is 0 Å². The number of aromatic nitrogens is 2. The van der Waals surface area contributed by atoms with Crippen LogP contribution in [0.25, 0.3) is 11.0 Å². The number of rotatable bonds is 1. The summed E-state index contributed by atoms with van der Waals surface area (Å²) in [7, 11) is 0. The Bertz CT molecular complexity index is 529. The maximum absolute atomic E-state index is 13.5. The van der Waals surface area contributed by atoms with Gasteiger partial charge in [0.25, 0.3) is 0 Å². The highest BCUT2D eigenvalue weighted by Crippen LogP contribution is 2.35. The molecule has 3 rings (SSSR count). The molecule has 1 aromatic carbocycles. The van der Waals surface area contributed by atoms with Crippen molar-refractivity contribution in [3.8, 4) is 0 Å². The van der Waals surface area contributed by atoms with E-state index in [-0.39, 0.29) is 5.82 Å². The lowest BCUT2D eigenvalue weighted by Gasteiger charge is -2.13. The predicted molar refractivity (Wildman–Crippen MR) is 62.2 cm³/mol. The Balaban J connectivity index is 2.22. The van der Waals surface area contributed by atoms with Crippen molar-refractivity contribution in [1.29, 1.82) is 0 Å². The highest BCUT2D eigenvalue weighted by atomic mass is 35.5. The predicted octanol–water partition coefficient (Wildman–Crippen LogP) is 3.94. The van der Waals surface area contributed by atoms with Crippen molar-refractivity contribution >= 4 is 22.6 Å². The van der Waals surface area contributed by atoms with E-state index in [9.17, 15) is 4.39 Å². The summed E-state index contributed by atoms with van der Waals surface area (Å²) in [4.78, 5) is 4.11. The Morgan fingerprint density at radius 2 is 2.06 bits per heavy atom. The lowest BCUT2D eigenvalue weighted by atomic mass is 10.2. The second-order valence-corrected chi connectivity index (χ2v) is 4.63. The molecule has 1 aromatic heterocycles. The smallest absolute Gasteiger partial charge is 0.204 e. The van der Waals surface area contributed by atoms with Gasteiger partial charge in [-0.15, -0.1) is 0 Å². The maximum atomic E-state index is 13.5. The molecule has 2 aromatic rings. The van der Waals surface area contributed by atoms with Gasteiger partial charge in [0.1, 0.15) is 5.52 Å². The van der Waals surface area contributed by atoms with Crippen molar-refractivity contribution in [2.24, 2.45) is 0 Å². The quantitative estimate of drug-likeness (QED) is 0.736. The number of hydrogen-bond donors (Lipinski definition) is 0. The highest BCUT2D eigenvalue weighted by Gasteiger charge is 2.22. The van der Waals surface area contributed by atoms with Crippen LogP contribution >= 0.6 is 11.6 Å². The van der Waals surface area contributed by atoms with Crippen LogP contribution in [0.15, 0.2) is 18.2 Å². The summed E-state index contributed by atoms with van der Waals surface area (Å²) in [6, 6.07) is 5.40. The summed E-state index contributed by atoms with van der Waals surface area (Å²) in [5.74, 6) is -0.295. The fraction of sp³-hybridized carbons (Fsp3) is 0.417. The van der Waals surface area contributed by atoms with E-state index in [0.29, 0.717) is 16.8 Å². The van der Waals surface area contributed by atoms with E-state index in [0.717, 1.165) is 18.4 Å². The second-order valence-electron chi connectivity index (χ2n) is 4.30. The molecule has 2 nitrogen and oxygen atoms in total. The molecule has 0 radical (unpaired) electrons. The maximum Gasteiger partial charge on any atom is 0.204 e. The number of imidazole rings is 1. The SMILES string of the molecule is Fc1cccc2c1nc(Cl)n2C1CCCC1. The van der Waals surface area contributed by atoms with Crippen LogP contribution in [0.1, 0.15) is 31.7 Å². The van der Waals surface area contributed by atoms with Crippen LogP contribution in [0, 0.1) is 5.82 Å². The van der Waals surface area contributed by atoms with E-state index in [1.54, 1.807) is 6.07 Å². The van der Waals surface area contributed by atoms with E-state index in [2.05, 4.69) is 4.98 Å². The minimum atomic E-state index is -0.295. The topological polar surface area (TPSA) is 17.8 Å². The van der Waals surface area contributed by atoms with Crippen LogP contribution in [0.3, 0.4) is 0 Å². The van der Waals surface area contributed by atoms with Gasteiger partial charge in [-0.05, 0) is 36.6 Å². The average Bonchev–Trinajstić information content (AvgIpc) is 2.85. The third-order valence-electron chi connectivity index (χ3n) is 3.32. The highest BCUT2D eigenvalue weighted by molar-refractivity contribution is 6.29. The molecule has 1 aliphatic carbocycles. The number of fused-ring (bicyclic) bond motifs is 1. The van der Waals surface area contributed by atoms with E-state index in [1.807, 2.05) is 10.6 Å². The molecule has 0 unspecified atom stereocenters. The molecule has 0 bridgehead atoms. The van der Waals surface area contributed by atoms with Gasteiger partial charge in [0.05, 0.1) is 5.52 Å². The monoisotopic (exact) mass is 238 g/mol. The zero-order valence-corrected chi connectivity index (χ0v) is 9.54. The van der Waals surface area contributed by atoms with Gasteiger partial charge in [0, 0.05) is 6.04 Å². The van der Waals surface area contributed by atoms with Gasteiger partial charge < -0.3 is 4.57 Å². The van der Waals surface area contributed by atoms with E-state index in [1.165, 1.54) is 18.9 Å². The normalized spacial score (nSPS) is 17.4. The summed E-state index contributed by atoms with van der Waals surface area (Å²) in [6.07, 6.45) is 4.66. The number of nitrogens with zero attached hydrogens (tertiary/aromatic N) is 2. The van der Waals surface area contributed by atoms with Crippen LogP contribution in [0.4, 0.5) is 4.39 Å². The average molecular weight is 239 g/mol. The van der Waals surface area contributed by atoms with Gasteiger partial charge in [-0.3, -0.25) is 0 Å². The van der Waals surface area contributed by atoms with Crippen molar-refractivity contribution in [1.82, 2.24) is 9.55 Å². The molecule has 4 heteroatoms. The van der Waals surface area contributed by atoms with E-state index in [4.69, 9.17) is 11.6 Å². The first kappa shape index (κ1) is 10.1. The van der Waals surface area contributed by atoms with Gasteiger partial charge in [-0.25, -0.2) is 9.37 Å². The number of halogens is 2. The molecule has 1 saturated carbocycles. The molecule has 0 amide bonds. The fourth-order valence-electron chi connectivity index (χ4n) is 2.56. The lowest BCUT2D eigenvalue weighted by Crippen LogP contribution is -2.04. The molecule has 0 atom stereocenters. The Kier molecular flexibility index (Phi) is 2.36. The minimum Gasteiger partial charge on any atom is -0.311 e. The van der Waals surface area contributed by atoms with Crippen molar-refractivity contribution in [3.63, 3.8) is 0 Å². The third kappa shape index (κ3) is 1.42. The minimum absolute atomic E-state index is 0.295. The first-order valence-electron chi connectivity index (χ1n) is 5.59. The Morgan fingerprint density at radius 1 is 1.31 bits per heavy atom. The zero-order valence-electron chi connectivity index (χ0n) is 8.79. The van der Waals surface area contributed by atoms with Crippen LogP contribution in [-0.4, -0.2) is 9.55 Å². The summed E-state index contributed by atoms with van der Waals surface area (Å²) in [5.41, 5.74) is 1.20. The molecular formula is C12H12ClFN2. The summed E-state index contributed by atoms with van der Waals surface area (Å²) < 4.78 is 15.5. The van der Waals surface area contributed by atoms with Crippen LogP contribution in [0.2, 0.25) is 5.28 Å². The molecule has 84 valence electrons. The molecule has 0 N–H and O–H groups in total. The largest absolute Gasteiger partial charge is 0.311 e. The Labute approximate surface area is 98.0 Å². The molecule has 0 saturated heterocycles. The van der Waals surface area contributed by atoms with Gasteiger partial charge >= 0.3 is 0 Å². The molecule has 0 aliphatic heterocycles. The molecule has 16 heavy (non-hydrogen) atoms. The van der Waals surface area contributed by atoms with Gasteiger partial charge in [-0.1, -0.05) is 18.9 Å². The second kappa shape index (κ2) is 3.74. The zero-order chi connectivity index (χ0) is 11.1. The van der Waals surface area contributed by atoms with Gasteiger partial charge in [0.2, 0.25) is 5.28 Å². The van der Waals surface area contributed by atoms with Crippen molar-refractivity contribution in [2.45, 2.75) is 31.7 Å². The number of para-hydroxylation sites is 1. The first-order chi connectivity index (χ1) is 7.77. The summed E-state index contributed by atoms with van der Waals surface area (Å²) in [5, 5.41) is 0.409. The molecule has 1 aliphatic rings. The number of hydrogen-bond acceptors (Lipinski definition) is 1. The van der Waals surface area contributed by atoms with Crippen molar-refractivity contribution < 1.29 is 4.39 Å². The molecule has 0 spiro atoms. The van der Waals surface area contributed by atoms with Crippen molar-refractivity contribution in [2.75, 3.05) is 0 Å². The van der Waals surface area contributed by atoms with Crippen LogP contribution in [-0.2, 0) is 0 Å². The summed E-state index contributed by atoms with van der Waals surface area (Å²) >= 11 is 6.10. The molecular weight excluding hydrogens is 227 g/mol. The van der Waals surface area contributed by atoms with E-state index < -0.39 is 0 Å². The number of benzene rings is 1. The van der Waals surface area contributed by atoms with Gasteiger partial charge in [0.15, 0.2) is 5.82 Å². The lowest BCUT2D eigenvalue weighted by molar-refractivity contribution is 0.533. The fourth-order valence-corrected chi connectivity index (χ4v) is 2.88. The van der Waals surface area contributed by atoms with Crippen LogP contribution in [0.5, 0.6) is 0 Å².